The second-order valence-electron chi connectivity index (χ2n) is 7.94. The fourth-order valence-electron chi connectivity index (χ4n) is 3.60. The van der Waals surface area contributed by atoms with Crippen LogP contribution >= 0.6 is 0 Å². The zero-order chi connectivity index (χ0) is 24.1. The number of carbonyl (C=O) groups excluding carboxylic acids is 1. The first-order chi connectivity index (χ1) is 16.3. The van der Waals surface area contributed by atoms with Gasteiger partial charge in [0.2, 0.25) is 0 Å². The van der Waals surface area contributed by atoms with E-state index in [-0.39, 0.29) is 12.2 Å². The molecule has 4 rings (SSSR count). The predicted molar refractivity (Wildman–Crippen MR) is 128 cm³/mol. The fourth-order valence-corrected chi connectivity index (χ4v) is 3.60. The van der Waals surface area contributed by atoms with Crippen LogP contribution in [0, 0.1) is 6.92 Å². The van der Waals surface area contributed by atoms with E-state index in [0.717, 1.165) is 28.6 Å². The highest BCUT2D eigenvalue weighted by Gasteiger charge is 2.30. The first-order valence-electron chi connectivity index (χ1n) is 10.7. The number of aryl methyl sites for hydroxylation is 1. The molecule has 0 saturated heterocycles. The van der Waals surface area contributed by atoms with E-state index >= 15 is 0 Å². The molecule has 0 spiro atoms. The molecule has 1 aromatic heterocycles. The van der Waals surface area contributed by atoms with E-state index in [1.54, 1.807) is 6.21 Å². The summed E-state index contributed by atoms with van der Waals surface area (Å²) in [4.78, 5) is 12.1. The van der Waals surface area contributed by atoms with Gasteiger partial charge in [0.1, 0.15) is 0 Å². The molecule has 0 aliphatic carbocycles. The Kier molecular flexibility index (Phi) is 6.67. The van der Waals surface area contributed by atoms with Crippen LogP contribution in [-0.4, -0.2) is 23.2 Å². The molecule has 0 aliphatic heterocycles. The SMILES string of the molecule is Cc1ccc(Cn2cc(/C=N\NC(=O)CNc3cccc(C(F)(F)F)c3)c3ccccc32)cc1. The Bertz CT molecular complexity index is 1320. The summed E-state index contributed by atoms with van der Waals surface area (Å²) < 4.78 is 40.6. The number of nitrogens with one attached hydrogen (secondary N) is 2. The van der Waals surface area contributed by atoms with Gasteiger partial charge in [0.15, 0.2) is 0 Å². The molecule has 0 unspecified atom stereocenters. The van der Waals surface area contributed by atoms with Crippen LogP contribution in [0.1, 0.15) is 22.3 Å². The van der Waals surface area contributed by atoms with Gasteiger partial charge < -0.3 is 9.88 Å². The number of carbonyl (C=O) groups is 1. The molecule has 0 atom stereocenters. The summed E-state index contributed by atoms with van der Waals surface area (Å²) in [6.45, 7) is 2.53. The predicted octanol–water partition coefficient (Wildman–Crippen LogP) is 5.58. The van der Waals surface area contributed by atoms with Crippen molar-refractivity contribution < 1.29 is 18.0 Å². The van der Waals surface area contributed by atoms with Gasteiger partial charge in [-0.05, 0) is 36.8 Å². The molecular weight excluding hydrogens is 441 g/mol. The Morgan fingerprint density at radius 3 is 2.56 bits per heavy atom. The van der Waals surface area contributed by atoms with Crippen LogP contribution in [0.5, 0.6) is 0 Å². The van der Waals surface area contributed by atoms with E-state index in [9.17, 15) is 18.0 Å². The largest absolute Gasteiger partial charge is 0.416 e. The number of amides is 1. The summed E-state index contributed by atoms with van der Waals surface area (Å²) >= 11 is 0. The van der Waals surface area contributed by atoms with Crippen molar-refractivity contribution >= 4 is 28.7 Å². The van der Waals surface area contributed by atoms with Crippen LogP contribution in [0.4, 0.5) is 18.9 Å². The van der Waals surface area contributed by atoms with Crippen molar-refractivity contribution in [1.82, 2.24) is 9.99 Å². The molecule has 0 bridgehead atoms. The van der Waals surface area contributed by atoms with E-state index in [1.165, 1.54) is 23.3 Å². The topological polar surface area (TPSA) is 58.4 Å². The number of hydrazone groups is 1. The minimum atomic E-state index is -4.44. The zero-order valence-corrected chi connectivity index (χ0v) is 18.4. The number of para-hydroxylation sites is 1. The molecule has 3 aromatic carbocycles. The van der Waals surface area contributed by atoms with Crippen LogP contribution in [-0.2, 0) is 17.5 Å². The van der Waals surface area contributed by atoms with Crippen molar-refractivity contribution in [1.29, 1.82) is 0 Å². The highest BCUT2D eigenvalue weighted by Crippen LogP contribution is 2.30. The number of benzene rings is 3. The monoisotopic (exact) mass is 464 g/mol. The molecule has 4 aromatic rings. The third kappa shape index (κ3) is 5.64. The zero-order valence-electron chi connectivity index (χ0n) is 18.4. The molecule has 1 heterocycles. The first kappa shape index (κ1) is 23.1. The van der Waals surface area contributed by atoms with Crippen molar-refractivity contribution in [2.45, 2.75) is 19.6 Å². The second-order valence-corrected chi connectivity index (χ2v) is 7.94. The lowest BCUT2D eigenvalue weighted by atomic mass is 10.1. The number of nitrogens with zero attached hydrogens (tertiary/aromatic N) is 2. The third-order valence-corrected chi connectivity index (χ3v) is 5.33. The molecule has 0 aliphatic rings. The number of rotatable bonds is 7. The number of alkyl halides is 3. The van der Waals surface area contributed by atoms with Crippen molar-refractivity contribution in [3.8, 4) is 0 Å². The number of hydrogen-bond donors (Lipinski definition) is 2. The maximum absolute atomic E-state index is 12.8. The molecule has 174 valence electrons. The Morgan fingerprint density at radius 2 is 1.79 bits per heavy atom. The standard InChI is InChI=1S/C26H23F3N4O/c1-18-9-11-19(12-10-18)16-33-17-20(23-7-2-3-8-24(23)33)14-31-32-25(34)15-30-22-6-4-5-21(13-22)26(27,28)29/h2-14,17,30H,15-16H2,1H3,(H,32,34)/b31-14-. The normalized spacial score (nSPS) is 11.8. The minimum Gasteiger partial charge on any atom is -0.376 e. The summed E-state index contributed by atoms with van der Waals surface area (Å²) in [5, 5.41) is 7.71. The summed E-state index contributed by atoms with van der Waals surface area (Å²) in [7, 11) is 0. The summed E-state index contributed by atoms with van der Waals surface area (Å²) in [5.41, 5.74) is 6.09. The van der Waals surface area contributed by atoms with Gasteiger partial charge in [0.05, 0.1) is 18.3 Å². The van der Waals surface area contributed by atoms with E-state index in [2.05, 4.69) is 44.7 Å². The molecule has 2 N–H and O–H groups in total. The van der Waals surface area contributed by atoms with Gasteiger partial charge in [-0.3, -0.25) is 4.79 Å². The van der Waals surface area contributed by atoms with Crippen LogP contribution in [0.15, 0.2) is 84.1 Å². The van der Waals surface area contributed by atoms with E-state index in [0.29, 0.717) is 6.54 Å². The lowest BCUT2D eigenvalue weighted by Gasteiger charge is -2.09. The van der Waals surface area contributed by atoms with E-state index in [1.807, 2.05) is 37.4 Å². The number of hydrogen-bond acceptors (Lipinski definition) is 3. The van der Waals surface area contributed by atoms with Crippen molar-refractivity contribution in [3.05, 3.63) is 101 Å². The molecule has 1 amide bonds. The van der Waals surface area contributed by atoms with Crippen molar-refractivity contribution in [2.24, 2.45) is 5.10 Å². The lowest BCUT2D eigenvalue weighted by molar-refractivity contribution is -0.137. The second kappa shape index (κ2) is 9.82. The van der Waals surface area contributed by atoms with Gasteiger partial charge in [0.25, 0.3) is 5.91 Å². The Morgan fingerprint density at radius 1 is 1.03 bits per heavy atom. The van der Waals surface area contributed by atoms with Crippen molar-refractivity contribution in [3.63, 3.8) is 0 Å². The average molecular weight is 464 g/mol. The average Bonchev–Trinajstić information content (AvgIpc) is 3.16. The lowest BCUT2D eigenvalue weighted by Crippen LogP contribution is -2.26. The minimum absolute atomic E-state index is 0.202. The van der Waals surface area contributed by atoms with E-state index < -0.39 is 17.6 Å². The number of aromatic nitrogens is 1. The molecular formula is C26H23F3N4O. The number of anilines is 1. The summed E-state index contributed by atoms with van der Waals surface area (Å²) in [6, 6.07) is 20.9. The third-order valence-electron chi connectivity index (χ3n) is 5.33. The Hall–Kier alpha value is -4.07. The maximum atomic E-state index is 12.8. The first-order valence-corrected chi connectivity index (χ1v) is 10.7. The van der Waals surface area contributed by atoms with Crippen LogP contribution in [0.3, 0.4) is 0 Å². The smallest absolute Gasteiger partial charge is 0.376 e. The highest BCUT2D eigenvalue weighted by atomic mass is 19.4. The Balaban J connectivity index is 1.40. The van der Waals surface area contributed by atoms with Gasteiger partial charge in [-0.15, -0.1) is 0 Å². The molecule has 0 fully saturated rings. The van der Waals surface area contributed by atoms with Gasteiger partial charge in [-0.25, -0.2) is 5.43 Å². The molecule has 34 heavy (non-hydrogen) atoms. The van der Waals surface area contributed by atoms with Gasteiger partial charge in [-0.1, -0.05) is 54.1 Å². The van der Waals surface area contributed by atoms with Gasteiger partial charge >= 0.3 is 6.18 Å². The fraction of sp³-hybridized carbons (Fsp3) is 0.154. The van der Waals surface area contributed by atoms with Crippen LogP contribution < -0.4 is 10.7 Å². The van der Waals surface area contributed by atoms with E-state index in [4.69, 9.17) is 0 Å². The molecule has 5 nitrogen and oxygen atoms in total. The van der Waals surface area contributed by atoms with Crippen LogP contribution in [0.2, 0.25) is 0 Å². The van der Waals surface area contributed by atoms with Crippen LogP contribution in [0.25, 0.3) is 10.9 Å². The molecule has 0 saturated carbocycles. The molecule has 0 radical (unpaired) electrons. The Labute approximate surface area is 194 Å². The number of halogens is 3. The maximum Gasteiger partial charge on any atom is 0.416 e. The summed E-state index contributed by atoms with van der Waals surface area (Å²) in [5.74, 6) is -0.475. The van der Waals surface area contributed by atoms with Gasteiger partial charge in [-0.2, -0.15) is 18.3 Å². The van der Waals surface area contributed by atoms with Gasteiger partial charge in [0, 0.05) is 34.9 Å². The number of fused-ring (bicyclic) bond motifs is 1. The quantitative estimate of drug-likeness (QED) is 0.277. The highest BCUT2D eigenvalue weighted by molar-refractivity contribution is 5.99. The summed E-state index contributed by atoms with van der Waals surface area (Å²) in [6.07, 6.45) is -0.903. The van der Waals surface area contributed by atoms with Crippen molar-refractivity contribution in [2.75, 3.05) is 11.9 Å². The molecule has 8 heteroatoms.